The number of hydrogen-bond donors (Lipinski definition) is 2. The molecular formula is C16H14BrFN2OS. The maximum absolute atomic E-state index is 13.5. The Morgan fingerprint density at radius 3 is 2.50 bits per heavy atom. The molecule has 0 unspecified atom stereocenters. The molecule has 0 fully saturated rings. The van der Waals surface area contributed by atoms with E-state index in [-0.39, 0.29) is 10.7 Å². The molecule has 0 saturated carbocycles. The van der Waals surface area contributed by atoms with Gasteiger partial charge in [0.15, 0.2) is 5.11 Å². The van der Waals surface area contributed by atoms with E-state index >= 15 is 0 Å². The fourth-order valence-corrected chi connectivity index (χ4v) is 2.52. The molecule has 0 aliphatic heterocycles. The third kappa shape index (κ3) is 3.69. The lowest BCUT2D eigenvalue weighted by molar-refractivity contribution is 0.0974. The van der Waals surface area contributed by atoms with Crippen molar-refractivity contribution in [2.45, 2.75) is 13.8 Å². The molecule has 22 heavy (non-hydrogen) atoms. The van der Waals surface area contributed by atoms with Crippen molar-refractivity contribution in [3.05, 3.63) is 63.4 Å². The summed E-state index contributed by atoms with van der Waals surface area (Å²) < 4.78 is 14.5. The van der Waals surface area contributed by atoms with E-state index in [1.165, 1.54) is 18.2 Å². The molecule has 0 aromatic heterocycles. The summed E-state index contributed by atoms with van der Waals surface area (Å²) in [4.78, 5) is 12.0. The average molecular weight is 381 g/mol. The van der Waals surface area contributed by atoms with Crippen molar-refractivity contribution < 1.29 is 9.18 Å². The number of thiocarbonyl (C=S) groups is 1. The quantitative estimate of drug-likeness (QED) is 0.761. The van der Waals surface area contributed by atoms with Crippen LogP contribution in [0.15, 0.2) is 40.9 Å². The summed E-state index contributed by atoms with van der Waals surface area (Å²) in [5, 5.41) is 5.55. The van der Waals surface area contributed by atoms with Crippen LogP contribution in [0.1, 0.15) is 21.5 Å². The zero-order chi connectivity index (χ0) is 16.3. The molecule has 0 heterocycles. The summed E-state index contributed by atoms with van der Waals surface area (Å²) in [7, 11) is 0. The van der Waals surface area contributed by atoms with Gasteiger partial charge in [-0.25, -0.2) is 4.39 Å². The first kappa shape index (κ1) is 16.6. The Morgan fingerprint density at radius 2 is 1.82 bits per heavy atom. The van der Waals surface area contributed by atoms with Gasteiger partial charge in [-0.2, -0.15) is 0 Å². The van der Waals surface area contributed by atoms with E-state index < -0.39 is 11.7 Å². The average Bonchev–Trinajstić information content (AvgIpc) is 2.48. The van der Waals surface area contributed by atoms with E-state index in [4.69, 9.17) is 12.2 Å². The largest absolute Gasteiger partial charge is 0.332 e. The van der Waals surface area contributed by atoms with Gasteiger partial charge < -0.3 is 5.32 Å². The van der Waals surface area contributed by atoms with Gasteiger partial charge in [-0.3, -0.25) is 10.1 Å². The van der Waals surface area contributed by atoms with Crippen molar-refractivity contribution >= 4 is 44.9 Å². The highest BCUT2D eigenvalue weighted by Crippen LogP contribution is 2.25. The van der Waals surface area contributed by atoms with Crippen LogP contribution in [0.25, 0.3) is 0 Å². The van der Waals surface area contributed by atoms with Gasteiger partial charge in [-0.15, -0.1) is 0 Å². The lowest BCUT2D eigenvalue weighted by Gasteiger charge is -2.14. The molecular weight excluding hydrogens is 367 g/mol. The topological polar surface area (TPSA) is 41.1 Å². The van der Waals surface area contributed by atoms with Gasteiger partial charge in [0.25, 0.3) is 5.91 Å². The Bertz CT molecular complexity index is 749. The van der Waals surface area contributed by atoms with Crippen LogP contribution in [-0.2, 0) is 0 Å². The molecule has 0 aliphatic rings. The third-order valence-corrected chi connectivity index (χ3v) is 4.38. The molecule has 2 N–H and O–H groups in total. The number of carbonyl (C=O) groups is 1. The number of carbonyl (C=O) groups excluding carboxylic acids is 1. The molecule has 3 nitrogen and oxygen atoms in total. The van der Waals surface area contributed by atoms with Crippen LogP contribution in [0.5, 0.6) is 0 Å². The highest BCUT2D eigenvalue weighted by atomic mass is 79.9. The summed E-state index contributed by atoms with van der Waals surface area (Å²) in [6.07, 6.45) is 0. The summed E-state index contributed by atoms with van der Waals surface area (Å²) in [5.74, 6) is -1.17. The fraction of sp³-hybridized carbons (Fsp3) is 0.125. The predicted molar refractivity (Wildman–Crippen MR) is 93.7 cm³/mol. The van der Waals surface area contributed by atoms with Crippen LogP contribution in [0.2, 0.25) is 0 Å². The normalized spacial score (nSPS) is 10.2. The minimum absolute atomic E-state index is 0.0460. The number of hydrogen-bond acceptors (Lipinski definition) is 2. The minimum Gasteiger partial charge on any atom is -0.332 e. The van der Waals surface area contributed by atoms with Gasteiger partial charge >= 0.3 is 0 Å². The van der Waals surface area contributed by atoms with Crippen LogP contribution in [0.4, 0.5) is 10.1 Å². The SMILES string of the molecule is Cc1c(Br)ccc(NC(=S)NC(=O)c2ccccc2F)c1C. The van der Waals surface area contributed by atoms with Gasteiger partial charge in [0.1, 0.15) is 5.82 Å². The Labute approximate surface area is 142 Å². The van der Waals surface area contributed by atoms with Crippen LogP contribution < -0.4 is 10.6 Å². The molecule has 0 saturated heterocycles. The number of halogens is 2. The fourth-order valence-electron chi connectivity index (χ4n) is 1.89. The molecule has 0 radical (unpaired) electrons. The van der Waals surface area contributed by atoms with Crippen molar-refractivity contribution in [1.82, 2.24) is 5.32 Å². The van der Waals surface area contributed by atoms with E-state index in [9.17, 15) is 9.18 Å². The van der Waals surface area contributed by atoms with Crippen LogP contribution in [0.3, 0.4) is 0 Å². The lowest BCUT2D eigenvalue weighted by Crippen LogP contribution is -2.34. The molecule has 1 amide bonds. The molecule has 0 spiro atoms. The zero-order valence-corrected chi connectivity index (χ0v) is 14.4. The second-order valence-corrected chi connectivity index (χ2v) is 6.00. The molecule has 2 aromatic rings. The van der Waals surface area contributed by atoms with E-state index in [0.717, 1.165) is 21.3 Å². The highest BCUT2D eigenvalue weighted by molar-refractivity contribution is 9.10. The van der Waals surface area contributed by atoms with E-state index in [1.54, 1.807) is 6.07 Å². The molecule has 6 heteroatoms. The minimum atomic E-state index is -0.585. The maximum Gasteiger partial charge on any atom is 0.260 e. The summed E-state index contributed by atoms with van der Waals surface area (Å²) >= 11 is 8.57. The van der Waals surface area contributed by atoms with Crippen molar-refractivity contribution in [3.8, 4) is 0 Å². The maximum atomic E-state index is 13.5. The standard InChI is InChI=1S/C16H14BrFN2OS/c1-9-10(2)14(8-7-12(9)17)19-16(22)20-15(21)11-5-3-4-6-13(11)18/h3-8H,1-2H3,(H2,19,20,21,22). The molecule has 114 valence electrons. The van der Waals surface area contributed by atoms with E-state index in [2.05, 4.69) is 26.6 Å². The summed E-state index contributed by atoms with van der Waals surface area (Å²) in [5.41, 5.74) is 2.83. The van der Waals surface area contributed by atoms with E-state index in [1.807, 2.05) is 26.0 Å². The van der Waals surface area contributed by atoms with Crippen molar-refractivity contribution in [1.29, 1.82) is 0 Å². The van der Waals surface area contributed by atoms with Gasteiger partial charge in [-0.05, 0) is 61.5 Å². The Balaban J connectivity index is 2.10. The zero-order valence-electron chi connectivity index (χ0n) is 12.0. The number of benzene rings is 2. The summed E-state index contributed by atoms with van der Waals surface area (Å²) in [6.45, 7) is 3.93. The number of nitrogens with one attached hydrogen (secondary N) is 2. The molecule has 0 atom stereocenters. The van der Waals surface area contributed by atoms with Crippen LogP contribution >= 0.6 is 28.1 Å². The van der Waals surface area contributed by atoms with E-state index in [0.29, 0.717) is 0 Å². The van der Waals surface area contributed by atoms with Crippen LogP contribution in [-0.4, -0.2) is 11.0 Å². The van der Waals surface area contributed by atoms with Gasteiger partial charge in [0.2, 0.25) is 0 Å². The molecule has 2 aromatic carbocycles. The first-order chi connectivity index (χ1) is 10.4. The second kappa shape index (κ2) is 6.98. The Kier molecular flexibility index (Phi) is 5.26. The smallest absolute Gasteiger partial charge is 0.260 e. The second-order valence-electron chi connectivity index (χ2n) is 4.73. The lowest BCUT2D eigenvalue weighted by atomic mass is 10.1. The van der Waals surface area contributed by atoms with Crippen molar-refractivity contribution in [2.24, 2.45) is 0 Å². The van der Waals surface area contributed by atoms with Gasteiger partial charge in [-0.1, -0.05) is 28.1 Å². The highest BCUT2D eigenvalue weighted by Gasteiger charge is 2.13. The van der Waals surface area contributed by atoms with Crippen LogP contribution in [0, 0.1) is 19.7 Å². The molecule has 0 bridgehead atoms. The number of anilines is 1. The third-order valence-electron chi connectivity index (χ3n) is 3.31. The first-order valence-electron chi connectivity index (χ1n) is 6.52. The number of amides is 1. The Morgan fingerprint density at radius 1 is 1.14 bits per heavy atom. The first-order valence-corrected chi connectivity index (χ1v) is 7.73. The van der Waals surface area contributed by atoms with Gasteiger partial charge in [0.05, 0.1) is 5.56 Å². The Hall–Kier alpha value is -1.79. The summed E-state index contributed by atoms with van der Waals surface area (Å²) in [6, 6.07) is 9.50. The molecule has 2 rings (SSSR count). The monoisotopic (exact) mass is 380 g/mol. The molecule has 0 aliphatic carbocycles. The number of rotatable bonds is 2. The van der Waals surface area contributed by atoms with Gasteiger partial charge in [0, 0.05) is 10.2 Å². The van der Waals surface area contributed by atoms with Crippen molar-refractivity contribution in [2.75, 3.05) is 5.32 Å². The van der Waals surface area contributed by atoms with Crippen molar-refractivity contribution in [3.63, 3.8) is 0 Å². The predicted octanol–water partition coefficient (Wildman–Crippen LogP) is 4.33.